The first kappa shape index (κ1) is 28.8. The number of likely N-dealkylation sites (N-methyl/N-ethyl adjacent to an activating group) is 1. The maximum Gasteiger partial charge on any atom is 0.416 e. The zero-order chi connectivity index (χ0) is 27.7. The average Bonchev–Trinajstić information content (AvgIpc) is 3.24. The van der Waals surface area contributed by atoms with Gasteiger partial charge in [0.25, 0.3) is 0 Å². The third-order valence-corrected chi connectivity index (χ3v) is 6.60. The molecule has 2 aromatic carbocycles. The molecule has 1 saturated heterocycles. The van der Waals surface area contributed by atoms with Crippen molar-refractivity contribution in [3.63, 3.8) is 0 Å². The highest BCUT2D eigenvalue weighted by Gasteiger charge is 2.31. The van der Waals surface area contributed by atoms with E-state index in [1.165, 1.54) is 0 Å². The van der Waals surface area contributed by atoms with Crippen LogP contribution in [0.4, 0.5) is 35.4 Å². The first-order valence-electron chi connectivity index (χ1n) is 12.3. The monoisotopic (exact) mass is 555 g/mol. The van der Waals surface area contributed by atoms with Gasteiger partial charge in [0.15, 0.2) is 5.82 Å². The molecule has 1 aliphatic rings. The van der Waals surface area contributed by atoms with Gasteiger partial charge in [0.05, 0.1) is 16.8 Å². The summed E-state index contributed by atoms with van der Waals surface area (Å²) in [5.41, 5.74) is 7.57. The van der Waals surface area contributed by atoms with Crippen LogP contribution in [0, 0.1) is 0 Å². The summed E-state index contributed by atoms with van der Waals surface area (Å²) in [6, 6.07) is 10.1. The zero-order valence-electron chi connectivity index (χ0n) is 21.5. The number of fused-ring (bicyclic) bond motifs is 1. The van der Waals surface area contributed by atoms with Crippen LogP contribution in [0.25, 0.3) is 22.2 Å². The van der Waals surface area contributed by atoms with Crippen LogP contribution in [-0.2, 0) is 19.8 Å². The van der Waals surface area contributed by atoms with Gasteiger partial charge in [-0.1, -0.05) is 13.5 Å². The van der Waals surface area contributed by atoms with Crippen molar-refractivity contribution in [3.05, 3.63) is 59.8 Å². The van der Waals surface area contributed by atoms with Gasteiger partial charge in [-0.25, -0.2) is 14.8 Å². The van der Waals surface area contributed by atoms with E-state index in [1.807, 2.05) is 25.2 Å². The van der Waals surface area contributed by atoms with E-state index in [0.29, 0.717) is 23.3 Å². The Labute approximate surface area is 230 Å². The van der Waals surface area contributed by atoms with Crippen molar-refractivity contribution in [3.8, 4) is 11.3 Å². The van der Waals surface area contributed by atoms with Gasteiger partial charge in [-0.3, -0.25) is 14.9 Å². The predicted octanol–water partition coefficient (Wildman–Crippen LogP) is 4.66. The Kier molecular flexibility index (Phi) is 8.26. The SMILES string of the molecule is C.CN1CCN(Cc2cc(NC(=O)Nc3cc(-c4ccc5nc(N)ncc5c4)n(C)n3)cc(C(F)(F)F)c2)CC1. The number of aryl methyl sites for hydroxylation is 1. The number of nitrogens with two attached hydrogens (primary N) is 1. The fourth-order valence-electron chi connectivity index (χ4n) is 4.57. The number of benzene rings is 2. The van der Waals surface area contributed by atoms with Crippen LogP contribution >= 0.6 is 0 Å². The molecule has 0 unspecified atom stereocenters. The lowest BCUT2D eigenvalue weighted by molar-refractivity contribution is -0.137. The largest absolute Gasteiger partial charge is 0.416 e. The maximum absolute atomic E-state index is 13.6. The Bertz CT molecular complexity index is 1510. The van der Waals surface area contributed by atoms with Crippen molar-refractivity contribution >= 4 is 34.4 Å². The summed E-state index contributed by atoms with van der Waals surface area (Å²) in [5, 5.41) is 10.2. The Hall–Kier alpha value is -4.23. The van der Waals surface area contributed by atoms with E-state index in [1.54, 1.807) is 30.1 Å². The van der Waals surface area contributed by atoms with Crippen molar-refractivity contribution in [2.45, 2.75) is 20.1 Å². The number of carbonyl (C=O) groups excluding carboxylic acids is 1. The second-order valence-corrected chi connectivity index (χ2v) is 9.62. The lowest BCUT2D eigenvalue weighted by Gasteiger charge is -2.32. The number of urea groups is 1. The van der Waals surface area contributed by atoms with Crippen molar-refractivity contribution in [1.29, 1.82) is 0 Å². The number of alkyl halides is 3. The van der Waals surface area contributed by atoms with E-state index >= 15 is 0 Å². The van der Waals surface area contributed by atoms with Gasteiger partial charge in [-0.2, -0.15) is 18.3 Å². The molecule has 212 valence electrons. The average molecular weight is 556 g/mol. The topological polar surface area (TPSA) is 117 Å². The molecule has 3 heterocycles. The predicted molar refractivity (Wildman–Crippen MR) is 150 cm³/mol. The summed E-state index contributed by atoms with van der Waals surface area (Å²) < 4.78 is 42.4. The molecule has 13 heteroatoms. The molecule has 2 aromatic heterocycles. The summed E-state index contributed by atoms with van der Waals surface area (Å²) in [6.45, 7) is 3.58. The molecule has 4 aromatic rings. The number of halogens is 3. The van der Waals surface area contributed by atoms with Crippen LogP contribution < -0.4 is 16.4 Å². The molecule has 4 N–H and O–H groups in total. The summed E-state index contributed by atoms with van der Waals surface area (Å²) in [7, 11) is 3.74. The summed E-state index contributed by atoms with van der Waals surface area (Å²) in [4.78, 5) is 25.2. The fraction of sp³-hybridized carbons (Fsp3) is 0.333. The first-order valence-corrected chi connectivity index (χ1v) is 12.3. The van der Waals surface area contributed by atoms with E-state index in [-0.39, 0.29) is 24.9 Å². The molecule has 0 spiro atoms. The third-order valence-electron chi connectivity index (χ3n) is 6.60. The highest BCUT2D eigenvalue weighted by molar-refractivity contribution is 5.99. The summed E-state index contributed by atoms with van der Waals surface area (Å²) in [5.74, 6) is 0.420. The summed E-state index contributed by atoms with van der Waals surface area (Å²) in [6.07, 6.45) is -2.92. The number of hydrogen-bond acceptors (Lipinski definition) is 7. The Morgan fingerprint density at radius 3 is 2.50 bits per heavy atom. The van der Waals surface area contributed by atoms with Crippen molar-refractivity contribution < 1.29 is 18.0 Å². The number of carbonyl (C=O) groups is 1. The van der Waals surface area contributed by atoms with Gasteiger partial charge in [0.2, 0.25) is 5.95 Å². The molecular weight excluding hydrogens is 523 g/mol. The van der Waals surface area contributed by atoms with Gasteiger partial charge in [0.1, 0.15) is 0 Å². The molecule has 1 fully saturated rings. The van der Waals surface area contributed by atoms with Crippen molar-refractivity contribution in [1.82, 2.24) is 29.5 Å². The quantitative estimate of drug-likeness (QED) is 0.328. The molecule has 0 atom stereocenters. The Morgan fingerprint density at radius 2 is 1.77 bits per heavy atom. The van der Waals surface area contributed by atoms with Crippen LogP contribution in [0.3, 0.4) is 0 Å². The molecular formula is C27H32F3N9O. The molecule has 5 rings (SSSR count). The minimum absolute atomic E-state index is 0. The van der Waals surface area contributed by atoms with Crippen LogP contribution in [0.5, 0.6) is 0 Å². The number of anilines is 3. The number of nitrogens with zero attached hydrogens (tertiary/aromatic N) is 6. The van der Waals surface area contributed by atoms with Crippen LogP contribution in [-0.4, -0.2) is 68.8 Å². The minimum atomic E-state index is -4.54. The molecule has 0 saturated carbocycles. The summed E-state index contributed by atoms with van der Waals surface area (Å²) >= 11 is 0. The maximum atomic E-state index is 13.6. The molecule has 0 radical (unpaired) electrons. The van der Waals surface area contributed by atoms with Crippen LogP contribution in [0.15, 0.2) is 48.7 Å². The first-order chi connectivity index (χ1) is 18.5. The third kappa shape index (κ3) is 6.66. The molecule has 10 nitrogen and oxygen atoms in total. The Balaban J connectivity index is 0.00000370. The molecule has 0 bridgehead atoms. The van der Waals surface area contributed by atoms with Crippen LogP contribution in [0.1, 0.15) is 18.6 Å². The number of aromatic nitrogens is 4. The zero-order valence-corrected chi connectivity index (χ0v) is 21.5. The molecule has 2 amide bonds. The van der Waals surface area contributed by atoms with Crippen molar-refractivity contribution in [2.75, 3.05) is 49.6 Å². The van der Waals surface area contributed by atoms with E-state index in [4.69, 9.17) is 5.73 Å². The number of hydrogen-bond donors (Lipinski definition) is 3. The highest BCUT2D eigenvalue weighted by atomic mass is 19.4. The standard InChI is InChI=1S/C26H28F3N9O.CH4/c1-36-5-7-38(8-6-36)15-16-9-19(26(27,28)29)12-20(10-16)32-25(39)34-23-13-22(37(2)35-23)17-3-4-21-18(11-17)14-31-24(30)33-21;/h3-4,9-14H,5-8,15H2,1-2H3,(H2,30,31,33)(H2,32,34,35,39);1H4. The second-order valence-electron chi connectivity index (χ2n) is 9.62. The number of piperazine rings is 1. The second kappa shape index (κ2) is 11.5. The molecule has 1 aliphatic heterocycles. The number of amides is 2. The minimum Gasteiger partial charge on any atom is -0.368 e. The number of nitrogen functional groups attached to an aromatic ring is 1. The van der Waals surface area contributed by atoms with Crippen molar-refractivity contribution in [2.24, 2.45) is 7.05 Å². The number of nitrogens with one attached hydrogen (secondary N) is 2. The lowest BCUT2D eigenvalue weighted by atomic mass is 10.1. The number of rotatable bonds is 5. The Morgan fingerprint density at radius 1 is 1.02 bits per heavy atom. The normalized spacial score (nSPS) is 14.6. The molecule has 0 aliphatic carbocycles. The van der Waals surface area contributed by atoms with Gasteiger partial charge in [0, 0.05) is 68.7 Å². The van der Waals surface area contributed by atoms with Gasteiger partial charge in [-0.05, 0) is 42.9 Å². The highest BCUT2D eigenvalue weighted by Crippen LogP contribution is 2.33. The smallest absolute Gasteiger partial charge is 0.368 e. The lowest BCUT2D eigenvalue weighted by Crippen LogP contribution is -2.43. The molecule has 40 heavy (non-hydrogen) atoms. The van der Waals surface area contributed by atoms with Crippen LogP contribution in [0.2, 0.25) is 0 Å². The van der Waals surface area contributed by atoms with Gasteiger partial charge < -0.3 is 16.0 Å². The van der Waals surface area contributed by atoms with Gasteiger partial charge >= 0.3 is 12.2 Å². The van der Waals surface area contributed by atoms with Gasteiger partial charge in [-0.15, -0.1) is 0 Å². The van der Waals surface area contributed by atoms with E-state index < -0.39 is 17.8 Å². The fourth-order valence-corrected chi connectivity index (χ4v) is 4.57. The van der Waals surface area contributed by atoms with E-state index in [0.717, 1.165) is 49.3 Å². The van der Waals surface area contributed by atoms with E-state index in [2.05, 4.69) is 35.5 Å². The van der Waals surface area contributed by atoms with E-state index in [9.17, 15) is 18.0 Å².